The van der Waals surface area contributed by atoms with Crippen molar-refractivity contribution < 1.29 is 14.3 Å². The van der Waals surface area contributed by atoms with E-state index in [0.717, 1.165) is 35.8 Å². The highest BCUT2D eigenvalue weighted by atomic mass is 79.9. The van der Waals surface area contributed by atoms with E-state index in [2.05, 4.69) is 35.5 Å². The minimum absolute atomic E-state index is 0. The highest BCUT2D eigenvalue weighted by Gasteiger charge is 2.15. The summed E-state index contributed by atoms with van der Waals surface area (Å²) in [5.41, 5.74) is 3.18. The SMILES string of the molecule is Br.CCCCCCCCCCCCCCOc1cccc(OCC(=O)Nc2ccccc2CN2CSC=C2C)c1. The van der Waals surface area contributed by atoms with E-state index >= 15 is 0 Å². The third kappa shape index (κ3) is 13.5. The van der Waals surface area contributed by atoms with Crippen molar-refractivity contribution in [3.8, 4) is 11.5 Å². The molecule has 1 N–H and O–H groups in total. The van der Waals surface area contributed by atoms with Crippen molar-refractivity contribution in [2.24, 2.45) is 0 Å². The maximum Gasteiger partial charge on any atom is 0.262 e. The quantitative estimate of drug-likeness (QED) is 0.147. The molecule has 1 heterocycles. The average Bonchev–Trinajstić information content (AvgIpc) is 3.35. The lowest BCUT2D eigenvalue weighted by Gasteiger charge is -2.21. The maximum atomic E-state index is 12.6. The van der Waals surface area contributed by atoms with E-state index in [1.54, 1.807) is 11.8 Å². The molecule has 1 aliphatic rings. The standard InChI is InChI=1S/C33H48N2O3S.BrH/c1-3-4-5-6-7-8-9-10-11-12-13-16-22-37-30-19-17-20-31(23-30)38-25-33(36)34-32-21-15-14-18-29(32)24-35-27-39-26-28(35)2;/h14-15,17-21,23,26H,3-13,16,22,24-25,27H2,1-2H3,(H,34,36);1H. The second-order valence-electron chi connectivity index (χ2n) is 10.5. The Morgan fingerprint density at radius 3 is 2.12 bits per heavy atom. The van der Waals surface area contributed by atoms with Crippen LogP contribution in [0.4, 0.5) is 5.69 Å². The van der Waals surface area contributed by atoms with Gasteiger partial charge in [-0.05, 0) is 42.5 Å². The fourth-order valence-corrected chi connectivity index (χ4v) is 5.64. The number of para-hydroxylation sites is 1. The van der Waals surface area contributed by atoms with Crippen molar-refractivity contribution in [3.05, 3.63) is 65.2 Å². The van der Waals surface area contributed by atoms with Gasteiger partial charge in [-0.1, -0.05) is 102 Å². The predicted octanol–water partition coefficient (Wildman–Crippen LogP) is 9.73. The molecule has 222 valence electrons. The lowest BCUT2D eigenvalue weighted by atomic mass is 10.1. The molecule has 0 atom stereocenters. The summed E-state index contributed by atoms with van der Waals surface area (Å²) < 4.78 is 11.7. The van der Waals surface area contributed by atoms with Crippen molar-refractivity contribution in [1.29, 1.82) is 0 Å². The number of unbranched alkanes of at least 4 members (excludes halogenated alkanes) is 11. The van der Waals surface area contributed by atoms with E-state index < -0.39 is 0 Å². The smallest absolute Gasteiger partial charge is 0.262 e. The molecule has 1 amide bonds. The van der Waals surface area contributed by atoms with Crippen LogP contribution in [0.1, 0.15) is 96.5 Å². The van der Waals surface area contributed by atoms with E-state index in [1.165, 1.54) is 76.3 Å². The van der Waals surface area contributed by atoms with Gasteiger partial charge >= 0.3 is 0 Å². The Kier molecular flexibility index (Phi) is 17.6. The molecule has 3 rings (SSSR count). The van der Waals surface area contributed by atoms with Gasteiger partial charge in [0.25, 0.3) is 5.91 Å². The molecule has 5 nitrogen and oxygen atoms in total. The lowest BCUT2D eigenvalue weighted by Crippen LogP contribution is -2.22. The van der Waals surface area contributed by atoms with Crippen LogP contribution in [0.3, 0.4) is 0 Å². The number of thioether (sulfide) groups is 1. The summed E-state index contributed by atoms with van der Waals surface area (Å²) in [7, 11) is 0. The van der Waals surface area contributed by atoms with Crippen LogP contribution >= 0.6 is 28.7 Å². The van der Waals surface area contributed by atoms with Gasteiger partial charge in [0, 0.05) is 24.0 Å². The molecule has 0 saturated heterocycles. The van der Waals surface area contributed by atoms with Gasteiger partial charge in [0.05, 0.1) is 12.5 Å². The van der Waals surface area contributed by atoms with Crippen LogP contribution < -0.4 is 14.8 Å². The first kappa shape index (κ1) is 34.1. The van der Waals surface area contributed by atoms with Crippen molar-refractivity contribution in [2.45, 2.75) is 97.4 Å². The molecule has 2 aromatic carbocycles. The molecular formula is C33H49BrN2O3S. The fourth-order valence-electron chi connectivity index (χ4n) is 4.70. The number of hydrogen-bond donors (Lipinski definition) is 1. The number of benzene rings is 2. The molecular weight excluding hydrogens is 584 g/mol. The first-order valence-corrected chi connectivity index (χ1v) is 16.0. The number of allylic oxidation sites excluding steroid dienone is 1. The Morgan fingerprint density at radius 1 is 0.850 bits per heavy atom. The largest absolute Gasteiger partial charge is 0.493 e. The van der Waals surface area contributed by atoms with Crippen molar-refractivity contribution in [2.75, 3.05) is 24.4 Å². The highest BCUT2D eigenvalue weighted by molar-refractivity contribution is 8.93. The highest BCUT2D eigenvalue weighted by Crippen LogP contribution is 2.27. The summed E-state index contributed by atoms with van der Waals surface area (Å²) in [5, 5.41) is 5.19. The third-order valence-corrected chi connectivity index (χ3v) is 8.05. The second kappa shape index (κ2) is 20.7. The van der Waals surface area contributed by atoms with Crippen LogP contribution in [0, 0.1) is 0 Å². The van der Waals surface area contributed by atoms with Crippen molar-refractivity contribution >= 4 is 40.3 Å². The number of anilines is 1. The summed E-state index contributed by atoms with van der Waals surface area (Å²) in [6.45, 7) is 5.82. The number of carbonyl (C=O) groups excluding carboxylic acids is 1. The Hall–Kier alpha value is -2.12. The molecule has 0 aromatic heterocycles. The zero-order valence-electron chi connectivity index (χ0n) is 24.5. The number of ether oxygens (including phenoxy) is 2. The number of rotatable bonds is 20. The van der Waals surface area contributed by atoms with Crippen LogP contribution in [0.5, 0.6) is 11.5 Å². The van der Waals surface area contributed by atoms with Gasteiger partial charge < -0.3 is 19.7 Å². The second-order valence-corrected chi connectivity index (χ2v) is 11.3. The molecule has 7 heteroatoms. The van der Waals surface area contributed by atoms with Gasteiger partial charge in [0.1, 0.15) is 11.5 Å². The Labute approximate surface area is 257 Å². The summed E-state index contributed by atoms with van der Waals surface area (Å²) >= 11 is 1.80. The summed E-state index contributed by atoms with van der Waals surface area (Å²) in [5.74, 6) is 2.19. The van der Waals surface area contributed by atoms with Crippen LogP contribution in [0.2, 0.25) is 0 Å². The Morgan fingerprint density at radius 2 is 1.48 bits per heavy atom. The van der Waals surface area contributed by atoms with Gasteiger partial charge in [0.2, 0.25) is 0 Å². The minimum Gasteiger partial charge on any atom is -0.493 e. The van der Waals surface area contributed by atoms with Crippen LogP contribution in [-0.4, -0.2) is 29.9 Å². The summed E-state index contributed by atoms with van der Waals surface area (Å²) in [4.78, 5) is 14.9. The number of carbonyl (C=O) groups is 1. The average molecular weight is 634 g/mol. The van der Waals surface area contributed by atoms with E-state index in [0.29, 0.717) is 12.4 Å². The van der Waals surface area contributed by atoms with E-state index in [1.807, 2.05) is 42.5 Å². The Bertz CT molecular complexity index is 1020. The monoisotopic (exact) mass is 632 g/mol. The fraction of sp³-hybridized carbons (Fsp3) is 0.545. The number of halogens is 1. The van der Waals surface area contributed by atoms with Crippen LogP contribution in [-0.2, 0) is 11.3 Å². The molecule has 1 aliphatic heterocycles. The maximum absolute atomic E-state index is 12.6. The molecule has 2 aromatic rings. The first-order chi connectivity index (χ1) is 19.2. The molecule has 0 fully saturated rings. The normalized spacial score (nSPS) is 12.6. The van der Waals surface area contributed by atoms with Gasteiger partial charge in [-0.2, -0.15) is 0 Å². The minimum atomic E-state index is -0.173. The van der Waals surface area contributed by atoms with E-state index in [-0.39, 0.29) is 29.5 Å². The zero-order chi connectivity index (χ0) is 27.5. The Balaban J connectivity index is 0.00000560. The third-order valence-electron chi connectivity index (χ3n) is 7.08. The zero-order valence-corrected chi connectivity index (χ0v) is 27.0. The molecule has 0 radical (unpaired) electrons. The predicted molar refractivity (Wildman–Crippen MR) is 176 cm³/mol. The van der Waals surface area contributed by atoms with Gasteiger partial charge in [-0.25, -0.2) is 0 Å². The van der Waals surface area contributed by atoms with Gasteiger partial charge in [-0.15, -0.1) is 28.7 Å². The van der Waals surface area contributed by atoms with Crippen LogP contribution in [0.25, 0.3) is 0 Å². The number of amides is 1. The number of hydrogen-bond acceptors (Lipinski definition) is 5. The molecule has 0 spiro atoms. The number of nitrogens with zero attached hydrogens (tertiary/aromatic N) is 1. The topological polar surface area (TPSA) is 50.8 Å². The summed E-state index contributed by atoms with van der Waals surface area (Å²) in [6, 6.07) is 15.5. The van der Waals surface area contributed by atoms with Crippen molar-refractivity contribution in [3.63, 3.8) is 0 Å². The van der Waals surface area contributed by atoms with Crippen LogP contribution in [0.15, 0.2) is 59.6 Å². The van der Waals surface area contributed by atoms with Gasteiger partial charge in [0.15, 0.2) is 6.61 Å². The van der Waals surface area contributed by atoms with E-state index in [9.17, 15) is 4.79 Å². The first-order valence-electron chi connectivity index (χ1n) is 14.9. The molecule has 0 unspecified atom stereocenters. The van der Waals surface area contributed by atoms with E-state index in [4.69, 9.17) is 9.47 Å². The lowest BCUT2D eigenvalue weighted by molar-refractivity contribution is -0.118. The molecule has 0 saturated carbocycles. The molecule has 40 heavy (non-hydrogen) atoms. The van der Waals surface area contributed by atoms with Gasteiger partial charge in [-0.3, -0.25) is 4.79 Å². The van der Waals surface area contributed by atoms with Crippen molar-refractivity contribution in [1.82, 2.24) is 4.90 Å². The number of nitrogens with one attached hydrogen (secondary N) is 1. The summed E-state index contributed by atoms with van der Waals surface area (Å²) in [6.07, 6.45) is 16.0. The molecule has 0 aliphatic carbocycles. The molecule has 0 bridgehead atoms.